The quantitative estimate of drug-likeness (QED) is 0.650. The van der Waals surface area contributed by atoms with Crippen LogP contribution in [-0.2, 0) is 14.3 Å². The van der Waals surface area contributed by atoms with Crippen LogP contribution in [0.5, 0.6) is 0 Å². The van der Waals surface area contributed by atoms with Crippen LogP contribution >= 0.6 is 0 Å². The molecule has 0 aliphatic carbocycles. The number of ether oxygens (including phenoxy) is 2. The van der Waals surface area contributed by atoms with Crippen molar-refractivity contribution in [1.29, 1.82) is 0 Å². The van der Waals surface area contributed by atoms with Gasteiger partial charge in [0.1, 0.15) is 6.04 Å². The van der Waals surface area contributed by atoms with Gasteiger partial charge in [-0.3, -0.25) is 4.79 Å². The van der Waals surface area contributed by atoms with Crippen molar-refractivity contribution in [2.75, 3.05) is 19.8 Å². The van der Waals surface area contributed by atoms with Gasteiger partial charge < -0.3 is 14.8 Å². The third kappa shape index (κ3) is 1.77. The number of hydrogen-bond acceptors (Lipinski definition) is 4. The van der Waals surface area contributed by atoms with Gasteiger partial charge in [-0.25, -0.2) is 0 Å². The fraction of sp³-hybridized carbons (Fsp3) is 0.900. The van der Waals surface area contributed by atoms with Crippen LogP contribution in [-0.4, -0.2) is 37.9 Å². The zero-order valence-electron chi connectivity index (χ0n) is 8.49. The van der Waals surface area contributed by atoms with Crippen LogP contribution in [0.15, 0.2) is 0 Å². The number of rotatable bonds is 2. The Morgan fingerprint density at radius 1 is 1.57 bits per heavy atom. The minimum absolute atomic E-state index is 0.118. The zero-order valence-corrected chi connectivity index (χ0v) is 8.49. The van der Waals surface area contributed by atoms with Gasteiger partial charge in [-0.1, -0.05) is 0 Å². The fourth-order valence-corrected chi connectivity index (χ4v) is 2.37. The lowest BCUT2D eigenvalue weighted by atomic mass is 9.88. The summed E-state index contributed by atoms with van der Waals surface area (Å²) >= 11 is 0. The maximum Gasteiger partial charge on any atom is 0.323 e. The molecule has 2 aliphatic rings. The minimum atomic E-state index is -0.142. The molecule has 0 saturated carbocycles. The van der Waals surface area contributed by atoms with Crippen LogP contribution in [0.4, 0.5) is 0 Å². The van der Waals surface area contributed by atoms with Gasteiger partial charge in [-0.05, 0) is 26.3 Å². The highest BCUT2D eigenvalue weighted by molar-refractivity contribution is 5.76. The Kier molecular flexibility index (Phi) is 3.03. The largest absolute Gasteiger partial charge is 0.465 e. The Bertz CT molecular complexity index is 219. The van der Waals surface area contributed by atoms with Crippen LogP contribution in [0.2, 0.25) is 0 Å². The Balaban J connectivity index is 1.99. The predicted octanol–water partition coefficient (Wildman–Crippen LogP) is 0.317. The molecule has 2 rings (SSSR count). The number of piperidine rings is 1. The summed E-state index contributed by atoms with van der Waals surface area (Å²) in [7, 11) is 0. The molecule has 0 aromatic rings. The van der Waals surface area contributed by atoms with E-state index in [2.05, 4.69) is 5.32 Å². The van der Waals surface area contributed by atoms with Gasteiger partial charge in [0.15, 0.2) is 0 Å². The second-order valence-corrected chi connectivity index (χ2v) is 3.83. The molecular formula is C10H17NO3. The first-order chi connectivity index (χ1) is 6.83. The summed E-state index contributed by atoms with van der Waals surface area (Å²) in [5.41, 5.74) is 0. The van der Waals surface area contributed by atoms with Gasteiger partial charge in [-0.15, -0.1) is 0 Å². The average Bonchev–Trinajstić information content (AvgIpc) is 2.65. The molecule has 0 radical (unpaired) electrons. The Morgan fingerprint density at radius 2 is 2.43 bits per heavy atom. The van der Waals surface area contributed by atoms with Crippen molar-refractivity contribution in [2.45, 2.75) is 31.9 Å². The van der Waals surface area contributed by atoms with E-state index in [0.717, 1.165) is 26.0 Å². The standard InChI is InChI=1S/C10H17NO3/c1-2-13-10(12)9-7-4-6-14-8(7)3-5-11-9/h7-9,11H,2-6H2,1H3/t7-,8-,9?/m0/s1. The summed E-state index contributed by atoms with van der Waals surface area (Å²) in [6.07, 6.45) is 2.26. The lowest BCUT2D eigenvalue weighted by Gasteiger charge is -2.31. The number of carbonyl (C=O) groups is 1. The van der Waals surface area contributed by atoms with Crippen LogP contribution in [0, 0.1) is 5.92 Å². The monoisotopic (exact) mass is 199 g/mol. The third-order valence-corrected chi connectivity index (χ3v) is 3.02. The maximum atomic E-state index is 11.6. The predicted molar refractivity (Wildman–Crippen MR) is 50.9 cm³/mol. The lowest BCUT2D eigenvalue weighted by Crippen LogP contribution is -2.51. The SMILES string of the molecule is CCOC(=O)C1NCC[C@@H]2OCC[C@H]12. The Hall–Kier alpha value is -0.610. The third-order valence-electron chi connectivity index (χ3n) is 3.02. The summed E-state index contributed by atoms with van der Waals surface area (Å²) in [6, 6.07) is -0.142. The first kappa shape index (κ1) is 9.93. The van der Waals surface area contributed by atoms with Gasteiger partial charge in [-0.2, -0.15) is 0 Å². The highest BCUT2D eigenvalue weighted by atomic mass is 16.5. The van der Waals surface area contributed by atoms with E-state index in [4.69, 9.17) is 9.47 Å². The van der Waals surface area contributed by atoms with E-state index in [1.807, 2.05) is 6.92 Å². The van der Waals surface area contributed by atoms with Crippen LogP contribution in [0.25, 0.3) is 0 Å². The van der Waals surface area contributed by atoms with Crippen molar-refractivity contribution < 1.29 is 14.3 Å². The summed E-state index contributed by atoms with van der Waals surface area (Å²) in [5, 5.41) is 3.22. The van der Waals surface area contributed by atoms with Crippen molar-refractivity contribution >= 4 is 5.97 Å². The normalized spacial score (nSPS) is 36.5. The van der Waals surface area contributed by atoms with Gasteiger partial charge in [0, 0.05) is 12.5 Å². The van der Waals surface area contributed by atoms with Crippen LogP contribution in [0.1, 0.15) is 19.8 Å². The van der Waals surface area contributed by atoms with E-state index in [9.17, 15) is 4.79 Å². The number of hydrogen-bond donors (Lipinski definition) is 1. The van der Waals surface area contributed by atoms with E-state index in [-0.39, 0.29) is 18.1 Å². The molecule has 0 spiro atoms. The van der Waals surface area contributed by atoms with Gasteiger partial charge in [0.2, 0.25) is 0 Å². The zero-order chi connectivity index (χ0) is 9.97. The molecule has 0 bridgehead atoms. The van der Waals surface area contributed by atoms with E-state index < -0.39 is 0 Å². The molecule has 14 heavy (non-hydrogen) atoms. The van der Waals surface area contributed by atoms with Crippen LogP contribution in [0.3, 0.4) is 0 Å². The Morgan fingerprint density at radius 3 is 3.21 bits per heavy atom. The van der Waals surface area contributed by atoms with E-state index in [1.165, 1.54) is 0 Å². The van der Waals surface area contributed by atoms with Crippen molar-refractivity contribution in [3.05, 3.63) is 0 Å². The second-order valence-electron chi connectivity index (χ2n) is 3.83. The number of esters is 1. The Labute approximate surface area is 84.0 Å². The van der Waals surface area contributed by atoms with Crippen molar-refractivity contribution in [2.24, 2.45) is 5.92 Å². The summed E-state index contributed by atoms with van der Waals surface area (Å²) in [4.78, 5) is 11.6. The molecule has 4 heteroatoms. The number of carbonyl (C=O) groups excluding carboxylic acids is 1. The lowest BCUT2D eigenvalue weighted by molar-refractivity contribution is -0.148. The average molecular weight is 199 g/mol. The molecular weight excluding hydrogens is 182 g/mol. The van der Waals surface area contributed by atoms with E-state index in [1.54, 1.807) is 0 Å². The fourth-order valence-electron chi connectivity index (χ4n) is 2.37. The molecule has 4 nitrogen and oxygen atoms in total. The van der Waals surface area contributed by atoms with Gasteiger partial charge in [0.25, 0.3) is 0 Å². The highest BCUT2D eigenvalue weighted by Gasteiger charge is 2.41. The van der Waals surface area contributed by atoms with Gasteiger partial charge in [0.05, 0.1) is 12.7 Å². The molecule has 2 fully saturated rings. The first-order valence-electron chi connectivity index (χ1n) is 5.34. The van der Waals surface area contributed by atoms with Gasteiger partial charge >= 0.3 is 5.97 Å². The summed E-state index contributed by atoms with van der Waals surface area (Å²) in [5.74, 6) is 0.204. The minimum Gasteiger partial charge on any atom is -0.465 e. The van der Waals surface area contributed by atoms with Crippen molar-refractivity contribution in [1.82, 2.24) is 5.32 Å². The molecule has 80 valence electrons. The topological polar surface area (TPSA) is 47.6 Å². The maximum absolute atomic E-state index is 11.6. The number of fused-ring (bicyclic) bond motifs is 1. The highest BCUT2D eigenvalue weighted by Crippen LogP contribution is 2.29. The number of nitrogens with one attached hydrogen (secondary N) is 1. The first-order valence-corrected chi connectivity index (χ1v) is 5.34. The molecule has 2 heterocycles. The molecule has 1 N–H and O–H groups in total. The smallest absolute Gasteiger partial charge is 0.323 e. The second kappa shape index (κ2) is 4.28. The van der Waals surface area contributed by atoms with Crippen molar-refractivity contribution in [3.8, 4) is 0 Å². The molecule has 0 aromatic carbocycles. The molecule has 1 unspecified atom stereocenters. The summed E-state index contributed by atoms with van der Waals surface area (Å²) in [6.45, 7) is 3.93. The van der Waals surface area contributed by atoms with E-state index in [0.29, 0.717) is 12.5 Å². The van der Waals surface area contributed by atoms with Crippen LogP contribution < -0.4 is 5.32 Å². The molecule has 3 atom stereocenters. The van der Waals surface area contributed by atoms with E-state index >= 15 is 0 Å². The van der Waals surface area contributed by atoms with Crippen molar-refractivity contribution in [3.63, 3.8) is 0 Å². The molecule has 0 aromatic heterocycles. The molecule has 2 saturated heterocycles. The summed E-state index contributed by atoms with van der Waals surface area (Å²) < 4.78 is 10.6. The molecule has 0 amide bonds. The molecule has 2 aliphatic heterocycles.